The molecule has 0 N–H and O–H groups in total. The molecule has 0 bridgehead atoms. The standard InChI is InChI=1S/C13H12OS/c1-11-7-9-13(10-8-11)15-14-12-5-3-2-4-6-12/h2-10H,1H3. The second kappa shape index (κ2) is 4.89. The third kappa shape index (κ3) is 3.03. The van der Waals surface area contributed by atoms with Crippen molar-refractivity contribution >= 4 is 12.0 Å². The van der Waals surface area contributed by atoms with Crippen LogP contribution >= 0.6 is 12.0 Å². The molecule has 0 radical (unpaired) electrons. The summed E-state index contributed by atoms with van der Waals surface area (Å²) < 4.78 is 5.55. The van der Waals surface area contributed by atoms with E-state index in [2.05, 4.69) is 31.2 Å². The van der Waals surface area contributed by atoms with Crippen LogP contribution in [-0.2, 0) is 0 Å². The fourth-order valence-electron chi connectivity index (χ4n) is 1.17. The van der Waals surface area contributed by atoms with Crippen LogP contribution in [0.4, 0.5) is 0 Å². The Labute approximate surface area is 94.3 Å². The molecule has 0 saturated heterocycles. The van der Waals surface area contributed by atoms with Crippen LogP contribution in [0.15, 0.2) is 59.5 Å². The summed E-state index contributed by atoms with van der Waals surface area (Å²) in [6, 6.07) is 18.1. The predicted octanol–water partition coefficient (Wildman–Crippen LogP) is 4.08. The Kier molecular flexibility index (Phi) is 3.30. The fourth-order valence-corrected chi connectivity index (χ4v) is 1.72. The zero-order valence-electron chi connectivity index (χ0n) is 8.51. The van der Waals surface area contributed by atoms with Crippen molar-refractivity contribution in [2.45, 2.75) is 11.8 Å². The summed E-state index contributed by atoms with van der Waals surface area (Å²) in [6.07, 6.45) is 0. The molecule has 0 heterocycles. The first-order chi connectivity index (χ1) is 7.34. The quantitative estimate of drug-likeness (QED) is 0.715. The summed E-state index contributed by atoms with van der Waals surface area (Å²) in [7, 11) is 0. The lowest BCUT2D eigenvalue weighted by Crippen LogP contribution is -1.81. The topological polar surface area (TPSA) is 9.23 Å². The summed E-state index contributed by atoms with van der Waals surface area (Å²) in [5.74, 6) is 0.878. The highest BCUT2D eigenvalue weighted by molar-refractivity contribution is 7.95. The average molecular weight is 216 g/mol. The average Bonchev–Trinajstić information content (AvgIpc) is 2.30. The van der Waals surface area contributed by atoms with Gasteiger partial charge in [-0.05, 0) is 31.2 Å². The lowest BCUT2D eigenvalue weighted by molar-refractivity contribution is 0.646. The van der Waals surface area contributed by atoms with E-state index in [0.29, 0.717) is 0 Å². The third-order valence-corrected chi connectivity index (χ3v) is 2.74. The minimum Gasteiger partial charge on any atom is -0.421 e. The van der Waals surface area contributed by atoms with Crippen molar-refractivity contribution in [3.8, 4) is 5.75 Å². The van der Waals surface area contributed by atoms with Gasteiger partial charge in [0.05, 0.1) is 12.0 Å². The molecule has 2 heteroatoms. The lowest BCUT2D eigenvalue weighted by Gasteiger charge is -2.03. The Morgan fingerprint density at radius 2 is 1.53 bits per heavy atom. The van der Waals surface area contributed by atoms with Gasteiger partial charge in [0.2, 0.25) is 0 Å². The Bertz CT molecular complexity index is 408. The highest BCUT2D eigenvalue weighted by Crippen LogP contribution is 2.22. The zero-order valence-corrected chi connectivity index (χ0v) is 9.33. The normalized spacial score (nSPS) is 9.93. The summed E-state index contributed by atoms with van der Waals surface area (Å²) in [4.78, 5) is 1.12. The van der Waals surface area contributed by atoms with E-state index in [1.54, 1.807) is 0 Å². The van der Waals surface area contributed by atoms with Crippen LogP contribution in [0.1, 0.15) is 5.56 Å². The molecule has 15 heavy (non-hydrogen) atoms. The monoisotopic (exact) mass is 216 g/mol. The first-order valence-corrected chi connectivity index (χ1v) is 5.55. The second-order valence-corrected chi connectivity index (χ2v) is 4.10. The van der Waals surface area contributed by atoms with Gasteiger partial charge in [0.25, 0.3) is 0 Å². The van der Waals surface area contributed by atoms with E-state index >= 15 is 0 Å². The molecule has 0 saturated carbocycles. The van der Waals surface area contributed by atoms with Crippen LogP contribution in [-0.4, -0.2) is 0 Å². The van der Waals surface area contributed by atoms with Crippen LogP contribution in [0.5, 0.6) is 5.75 Å². The molecule has 0 aliphatic rings. The largest absolute Gasteiger partial charge is 0.421 e. The highest BCUT2D eigenvalue weighted by atomic mass is 32.2. The van der Waals surface area contributed by atoms with Crippen molar-refractivity contribution < 1.29 is 4.18 Å². The van der Waals surface area contributed by atoms with Crippen molar-refractivity contribution in [2.24, 2.45) is 0 Å². The summed E-state index contributed by atoms with van der Waals surface area (Å²) in [6.45, 7) is 2.08. The van der Waals surface area contributed by atoms with E-state index in [1.807, 2.05) is 30.3 Å². The molecule has 2 aromatic rings. The van der Waals surface area contributed by atoms with Crippen molar-refractivity contribution in [2.75, 3.05) is 0 Å². The zero-order chi connectivity index (χ0) is 10.5. The number of hydrogen-bond acceptors (Lipinski definition) is 2. The second-order valence-electron chi connectivity index (χ2n) is 3.29. The minimum atomic E-state index is 0.878. The number of para-hydroxylation sites is 1. The smallest absolute Gasteiger partial charge is 0.137 e. The number of benzene rings is 2. The number of hydrogen-bond donors (Lipinski definition) is 0. The van der Waals surface area contributed by atoms with Gasteiger partial charge in [-0.1, -0.05) is 35.9 Å². The molecule has 0 fully saturated rings. The first-order valence-electron chi connectivity index (χ1n) is 4.81. The summed E-state index contributed by atoms with van der Waals surface area (Å²) >= 11 is 1.38. The van der Waals surface area contributed by atoms with Crippen molar-refractivity contribution in [3.63, 3.8) is 0 Å². The van der Waals surface area contributed by atoms with Crippen LogP contribution in [0.25, 0.3) is 0 Å². The molecule has 0 unspecified atom stereocenters. The molecule has 0 aliphatic heterocycles. The van der Waals surface area contributed by atoms with Crippen LogP contribution in [0.3, 0.4) is 0 Å². The predicted molar refractivity (Wildman–Crippen MR) is 64.1 cm³/mol. The van der Waals surface area contributed by atoms with E-state index < -0.39 is 0 Å². The van der Waals surface area contributed by atoms with Gasteiger partial charge in [0.1, 0.15) is 5.75 Å². The van der Waals surface area contributed by atoms with Crippen LogP contribution in [0.2, 0.25) is 0 Å². The Balaban J connectivity index is 1.96. The van der Waals surface area contributed by atoms with Gasteiger partial charge in [-0.25, -0.2) is 0 Å². The summed E-state index contributed by atoms with van der Waals surface area (Å²) in [5.41, 5.74) is 1.26. The Hall–Kier alpha value is -1.41. The summed E-state index contributed by atoms with van der Waals surface area (Å²) in [5, 5.41) is 0. The fraction of sp³-hybridized carbons (Fsp3) is 0.0769. The maximum atomic E-state index is 5.55. The van der Waals surface area contributed by atoms with E-state index in [-0.39, 0.29) is 0 Å². The van der Waals surface area contributed by atoms with Crippen molar-refractivity contribution in [1.29, 1.82) is 0 Å². The molecule has 0 atom stereocenters. The lowest BCUT2D eigenvalue weighted by atomic mass is 10.2. The molecule has 0 aromatic heterocycles. The number of rotatable bonds is 3. The first kappa shape index (κ1) is 10.1. The Morgan fingerprint density at radius 1 is 0.867 bits per heavy atom. The van der Waals surface area contributed by atoms with Gasteiger partial charge in [-0.3, -0.25) is 0 Å². The van der Waals surface area contributed by atoms with Gasteiger partial charge in [-0.2, -0.15) is 0 Å². The highest BCUT2D eigenvalue weighted by Gasteiger charge is 1.96. The van der Waals surface area contributed by atoms with Gasteiger partial charge in [0, 0.05) is 4.90 Å². The van der Waals surface area contributed by atoms with Gasteiger partial charge in [-0.15, -0.1) is 0 Å². The van der Waals surface area contributed by atoms with Gasteiger partial charge < -0.3 is 4.18 Å². The van der Waals surface area contributed by atoms with E-state index in [1.165, 1.54) is 17.6 Å². The van der Waals surface area contributed by atoms with E-state index in [9.17, 15) is 0 Å². The molecular formula is C13H12OS. The minimum absolute atomic E-state index is 0.878. The van der Waals surface area contributed by atoms with E-state index in [0.717, 1.165) is 10.6 Å². The van der Waals surface area contributed by atoms with Crippen molar-refractivity contribution in [1.82, 2.24) is 0 Å². The molecule has 2 rings (SSSR count). The van der Waals surface area contributed by atoms with E-state index in [4.69, 9.17) is 4.18 Å². The maximum absolute atomic E-state index is 5.55. The molecular weight excluding hydrogens is 204 g/mol. The van der Waals surface area contributed by atoms with Crippen LogP contribution in [0, 0.1) is 6.92 Å². The molecule has 1 nitrogen and oxygen atoms in total. The van der Waals surface area contributed by atoms with Gasteiger partial charge in [0.15, 0.2) is 0 Å². The molecule has 0 amide bonds. The third-order valence-electron chi connectivity index (χ3n) is 2.00. The number of aryl methyl sites for hydroxylation is 1. The van der Waals surface area contributed by atoms with Gasteiger partial charge >= 0.3 is 0 Å². The molecule has 0 aliphatic carbocycles. The molecule has 0 spiro atoms. The van der Waals surface area contributed by atoms with Crippen LogP contribution < -0.4 is 4.18 Å². The van der Waals surface area contributed by atoms with Crippen molar-refractivity contribution in [3.05, 3.63) is 60.2 Å². The SMILES string of the molecule is Cc1ccc(SOc2ccccc2)cc1. The molecule has 76 valence electrons. The maximum Gasteiger partial charge on any atom is 0.137 e. The molecule has 2 aromatic carbocycles. The Morgan fingerprint density at radius 3 is 2.20 bits per heavy atom.